The van der Waals surface area contributed by atoms with E-state index in [1.807, 2.05) is 0 Å². The first-order valence-corrected chi connectivity index (χ1v) is 5.66. The summed E-state index contributed by atoms with van der Waals surface area (Å²) in [6, 6.07) is 4.53. The quantitative estimate of drug-likeness (QED) is 0.594. The van der Waals surface area contributed by atoms with Crippen LogP contribution in [0.25, 0.3) is 0 Å². The Balaban J connectivity index is 2.98. The van der Waals surface area contributed by atoms with Crippen molar-refractivity contribution in [2.45, 2.75) is 6.92 Å². The Morgan fingerprint density at radius 3 is 2.68 bits per heavy atom. The van der Waals surface area contributed by atoms with Gasteiger partial charge in [-0.3, -0.25) is 14.9 Å². The zero-order chi connectivity index (χ0) is 14.4. The molecule has 0 saturated carbocycles. The summed E-state index contributed by atoms with van der Waals surface area (Å²) >= 11 is 0. The minimum atomic E-state index is -0.966. The highest BCUT2D eigenvalue weighted by Crippen LogP contribution is 2.24. The number of benzene rings is 1. The van der Waals surface area contributed by atoms with E-state index in [0.717, 1.165) is 0 Å². The molecular formula is C12H16N2O5. The van der Waals surface area contributed by atoms with E-state index in [0.29, 0.717) is 24.4 Å². The van der Waals surface area contributed by atoms with Gasteiger partial charge in [0.15, 0.2) is 0 Å². The fourth-order valence-electron chi connectivity index (χ4n) is 1.71. The monoisotopic (exact) mass is 268 g/mol. The smallest absolute Gasteiger partial charge is 0.323 e. The van der Waals surface area contributed by atoms with Gasteiger partial charge in [-0.2, -0.15) is 0 Å². The number of carbonyl (C=O) groups is 1. The van der Waals surface area contributed by atoms with E-state index in [1.165, 1.54) is 13.2 Å². The van der Waals surface area contributed by atoms with E-state index in [-0.39, 0.29) is 12.2 Å². The molecule has 0 heterocycles. The third-order valence-corrected chi connectivity index (χ3v) is 2.63. The van der Waals surface area contributed by atoms with E-state index in [2.05, 4.69) is 0 Å². The van der Waals surface area contributed by atoms with Gasteiger partial charge in [0.1, 0.15) is 6.54 Å². The molecule has 0 aliphatic heterocycles. The molecule has 0 unspecified atom stereocenters. The third kappa shape index (κ3) is 4.22. The number of carboxylic acids is 1. The zero-order valence-corrected chi connectivity index (χ0v) is 10.8. The lowest BCUT2D eigenvalue weighted by Crippen LogP contribution is -2.32. The van der Waals surface area contributed by atoms with Gasteiger partial charge in [-0.15, -0.1) is 0 Å². The van der Waals surface area contributed by atoms with E-state index >= 15 is 0 Å². The van der Waals surface area contributed by atoms with Crippen LogP contribution >= 0.6 is 0 Å². The van der Waals surface area contributed by atoms with Gasteiger partial charge in [-0.05, 0) is 19.1 Å². The molecule has 0 aliphatic carbocycles. The molecule has 1 N–H and O–H groups in total. The van der Waals surface area contributed by atoms with Gasteiger partial charge in [0.2, 0.25) is 0 Å². The van der Waals surface area contributed by atoms with E-state index in [1.54, 1.807) is 24.0 Å². The average molecular weight is 268 g/mol. The number of rotatable bonds is 7. The maximum atomic E-state index is 10.8. The van der Waals surface area contributed by atoms with Crippen molar-refractivity contribution >= 4 is 17.3 Å². The summed E-state index contributed by atoms with van der Waals surface area (Å²) < 4.78 is 4.92. The van der Waals surface area contributed by atoms with Crippen LogP contribution in [0.4, 0.5) is 11.4 Å². The molecule has 0 saturated heterocycles. The van der Waals surface area contributed by atoms with Crippen molar-refractivity contribution in [3.05, 3.63) is 33.9 Å². The Hall–Kier alpha value is -2.15. The Labute approximate surface area is 110 Å². The van der Waals surface area contributed by atoms with Crippen molar-refractivity contribution in [2.24, 2.45) is 0 Å². The summed E-state index contributed by atoms with van der Waals surface area (Å²) in [6.07, 6.45) is 0. The number of nitro benzene ring substituents is 1. The lowest BCUT2D eigenvalue weighted by Gasteiger charge is -2.22. The maximum Gasteiger partial charge on any atom is 0.323 e. The van der Waals surface area contributed by atoms with Gasteiger partial charge < -0.3 is 14.7 Å². The molecule has 7 heteroatoms. The number of nitrogens with zero attached hydrogens (tertiary/aromatic N) is 2. The second-order valence-electron chi connectivity index (χ2n) is 4.04. The summed E-state index contributed by atoms with van der Waals surface area (Å²) in [5.41, 5.74) is 1.14. The molecule has 0 bridgehead atoms. The van der Waals surface area contributed by atoms with Crippen molar-refractivity contribution in [3.8, 4) is 0 Å². The average Bonchev–Trinajstić information content (AvgIpc) is 2.33. The SMILES string of the molecule is COCCN(CC(=O)O)c1ccc([N+](=O)[O-])c(C)c1. The van der Waals surface area contributed by atoms with Gasteiger partial charge in [0, 0.05) is 31.0 Å². The first kappa shape index (κ1) is 14.9. The minimum absolute atomic E-state index is 0.0192. The number of anilines is 1. The molecule has 1 aromatic carbocycles. The summed E-state index contributed by atoms with van der Waals surface area (Å²) in [7, 11) is 1.53. The summed E-state index contributed by atoms with van der Waals surface area (Å²) in [5, 5.41) is 19.6. The van der Waals surface area contributed by atoms with Gasteiger partial charge in [0.25, 0.3) is 5.69 Å². The standard InChI is InChI=1S/C12H16N2O5/c1-9-7-10(3-4-11(9)14(17)18)13(5-6-19-2)8-12(15)16/h3-4,7H,5-6,8H2,1-2H3,(H,15,16). The molecule has 7 nitrogen and oxygen atoms in total. The van der Waals surface area contributed by atoms with Gasteiger partial charge in [0.05, 0.1) is 11.5 Å². The van der Waals surface area contributed by atoms with E-state index in [9.17, 15) is 14.9 Å². The fourth-order valence-corrected chi connectivity index (χ4v) is 1.71. The number of methoxy groups -OCH3 is 1. The number of hydrogen-bond acceptors (Lipinski definition) is 5. The first-order valence-electron chi connectivity index (χ1n) is 5.66. The molecule has 0 aromatic heterocycles. The minimum Gasteiger partial charge on any atom is -0.480 e. The van der Waals surface area contributed by atoms with Gasteiger partial charge >= 0.3 is 5.97 Å². The molecular weight excluding hydrogens is 252 g/mol. The molecule has 0 atom stereocenters. The van der Waals surface area contributed by atoms with Crippen LogP contribution in [0.1, 0.15) is 5.56 Å². The fraction of sp³-hybridized carbons (Fsp3) is 0.417. The second-order valence-corrected chi connectivity index (χ2v) is 4.04. The van der Waals surface area contributed by atoms with Crippen LogP contribution < -0.4 is 4.90 Å². The highest BCUT2D eigenvalue weighted by Gasteiger charge is 2.15. The van der Waals surface area contributed by atoms with Crippen LogP contribution in [0.15, 0.2) is 18.2 Å². The molecule has 1 aromatic rings. The number of hydrogen-bond donors (Lipinski definition) is 1. The summed E-state index contributed by atoms with van der Waals surface area (Å²) in [4.78, 5) is 22.7. The third-order valence-electron chi connectivity index (χ3n) is 2.63. The molecule has 19 heavy (non-hydrogen) atoms. The van der Waals surface area contributed by atoms with Gasteiger partial charge in [-0.1, -0.05) is 0 Å². The number of nitro groups is 1. The Kier molecular flexibility index (Phi) is 5.25. The van der Waals surface area contributed by atoms with Crippen LogP contribution in [0.3, 0.4) is 0 Å². The summed E-state index contributed by atoms with van der Waals surface area (Å²) in [5.74, 6) is -0.966. The largest absolute Gasteiger partial charge is 0.480 e. The molecule has 0 aliphatic rings. The Morgan fingerprint density at radius 1 is 1.53 bits per heavy atom. The number of aryl methyl sites for hydroxylation is 1. The lowest BCUT2D eigenvalue weighted by atomic mass is 10.1. The molecule has 0 amide bonds. The highest BCUT2D eigenvalue weighted by molar-refractivity contribution is 5.74. The number of ether oxygens (including phenoxy) is 1. The topological polar surface area (TPSA) is 92.9 Å². The second kappa shape index (κ2) is 6.69. The van der Waals surface area contributed by atoms with Crippen LogP contribution in [-0.2, 0) is 9.53 Å². The van der Waals surface area contributed by atoms with Crippen molar-refractivity contribution in [3.63, 3.8) is 0 Å². The van der Waals surface area contributed by atoms with Crippen LogP contribution in [-0.4, -0.2) is 42.8 Å². The Bertz CT molecular complexity index is 475. The molecule has 104 valence electrons. The number of aliphatic carboxylic acids is 1. The van der Waals surface area contributed by atoms with Crippen LogP contribution in [0.5, 0.6) is 0 Å². The molecule has 1 rings (SSSR count). The predicted octanol–water partition coefficient (Wildman–Crippen LogP) is 1.44. The zero-order valence-electron chi connectivity index (χ0n) is 10.8. The van der Waals surface area contributed by atoms with E-state index < -0.39 is 10.9 Å². The highest BCUT2D eigenvalue weighted by atomic mass is 16.6. The lowest BCUT2D eigenvalue weighted by molar-refractivity contribution is -0.385. The maximum absolute atomic E-state index is 10.8. The van der Waals surface area contributed by atoms with E-state index in [4.69, 9.17) is 9.84 Å². The summed E-state index contributed by atoms with van der Waals surface area (Å²) in [6.45, 7) is 2.22. The van der Waals surface area contributed by atoms with Crippen molar-refractivity contribution in [2.75, 3.05) is 31.7 Å². The number of carboxylic acid groups (broad SMARTS) is 1. The van der Waals surface area contributed by atoms with Crippen molar-refractivity contribution in [1.82, 2.24) is 0 Å². The van der Waals surface area contributed by atoms with Gasteiger partial charge in [-0.25, -0.2) is 0 Å². The van der Waals surface area contributed by atoms with Crippen LogP contribution in [0, 0.1) is 17.0 Å². The van der Waals surface area contributed by atoms with Crippen molar-refractivity contribution < 1.29 is 19.6 Å². The Morgan fingerprint density at radius 2 is 2.21 bits per heavy atom. The molecule has 0 radical (unpaired) electrons. The van der Waals surface area contributed by atoms with Crippen LogP contribution in [0.2, 0.25) is 0 Å². The first-order chi connectivity index (χ1) is 8.95. The van der Waals surface area contributed by atoms with Crippen molar-refractivity contribution in [1.29, 1.82) is 0 Å². The molecule has 0 spiro atoms. The normalized spacial score (nSPS) is 10.2. The molecule has 0 fully saturated rings. The predicted molar refractivity (Wildman–Crippen MR) is 69.6 cm³/mol.